The summed E-state index contributed by atoms with van der Waals surface area (Å²) in [4.78, 5) is 17.5. The molecule has 3 aromatic rings. The summed E-state index contributed by atoms with van der Waals surface area (Å²) in [7, 11) is -4.33. The lowest BCUT2D eigenvalue weighted by Gasteiger charge is -2.33. The molecule has 0 unspecified atom stereocenters. The standard InChI is InChI=1S/C22H19F2N3O3S/c23-18-7-2-8-19(24)22(18)31(29,30)27-14-12-26(13-15-27)20(28)10-9-17-5-1-4-16-6-3-11-25-21(16)17/h1-11H,12-15H2/b10-9+. The highest BCUT2D eigenvalue weighted by atomic mass is 32.2. The van der Waals surface area contributed by atoms with Gasteiger partial charge in [-0.1, -0.05) is 30.3 Å². The van der Waals surface area contributed by atoms with Crippen LogP contribution in [0.25, 0.3) is 17.0 Å². The molecule has 0 atom stereocenters. The molecule has 1 aliphatic rings. The van der Waals surface area contributed by atoms with Gasteiger partial charge in [-0.15, -0.1) is 0 Å². The monoisotopic (exact) mass is 443 g/mol. The topological polar surface area (TPSA) is 70.6 Å². The van der Waals surface area contributed by atoms with Gasteiger partial charge in [0.25, 0.3) is 0 Å². The molecular formula is C22H19F2N3O3S. The zero-order valence-corrected chi connectivity index (χ0v) is 17.2. The Morgan fingerprint density at radius 3 is 2.29 bits per heavy atom. The maximum atomic E-state index is 14.0. The van der Waals surface area contributed by atoms with E-state index in [4.69, 9.17) is 0 Å². The first-order valence-corrected chi connectivity index (χ1v) is 11.1. The van der Waals surface area contributed by atoms with Gasteiger partial charge in [0.2, 0.25) is 15.9 Å². The number of para-hydroxylation sites is 1. The molecule has 0 radical (unpaired) electrons. The Bertz CT molecular complexity index is 1240. The number of fused-ring (bicyclic) bond motifs is 1. The molecule has 1 saturated heterocycles. The van der Waals surface area contributed by atoms with E-state index in [-0.39, 0.29) is 32.1 Å². The molecule has 2 heterocycles. The van der Waals surface area contributed by atoms with E-state index in [0.717, 1.165) is 39.0 Å². The average Bonchev–Trinajstić information content (AvgIpc) is 2.77. The van der Waals surface area contributed by atoms with Crippen LogP contribution in [0.2, 0.25) is 0 Å². The molecule has 1 aromatic heterocycles. The number of carbonyl (C=O) groups excluding carboxylic acids is 1. The van der Waals surface area contributed by atoms with Gasteiger partial charge in [-0.2, -0.15) is 4.31 Å². The normalized spacial score (nSPS) is 15.6. The Hall–Kier alpha value is -3.17. The number of halogens is 2. The zero-order valence-electron chi connectivity index (χ0n) is 16.4. The third kappa shape index (κ3) is 4.19. The quantitative estimate of drug-likeness (QED) is 0.581. The summed E-state index contributed by atoms with van der Waals surface area (Å²) in [5, 5.41) is 0.955. The molecule has 0 aliphatic carbocycles. The van der Waals surface area contributed by atoms with Gasteiger partial charge in [0.1, 0.15) is 11.6 Å². The van der Waals surface area contributed by atoms with Gasteiger partial charge in [0.15, 0.2) is 4.90 Å². The van der Waals surface area contributed by atoms with Gasteiger partial charge in [-0.05, 0) is 24.3 Å². The summed E-state index contributed by atoms with van der Waals surface area (Å²) in [5.74, 6) is -2.54. The van der Waals surface area contributed by atoms with Gasteiger partial charge in [0.05, 0.1) is 5.52 Å². The number of benzene rings is 2. The fourth-order valence-corrected chi connectivity index (χ4v) is 5.07. The summed E-state index contributed by atoms with van der Waals surface area (Å²) in [5.41, 5.74) is 1.57. The van der Waals surface area contributed by atoms with Crippen LogP contribution < -0.4 is 0 Å². The highest BCUT2D eigenvalue weighted by Crippen LogP contribution is 2.24. The Kier molecular flexibility index (Phi) is 5.79. The van der Waals surface area contributed by atoms with Crippen LogP contribution in [0.15, 0.2) is 65.7 Å². The van der Waals surface area contributed by atoms with E-state index in [2.05, 4.69) is 4.98 Å². The Morgan fingerprint density at radius 2 is 1.58 bits per heavy atom. The smallest absolute Gasteiger partial charge is 0.249 e. The number of hydrogen-bond acceptors (Lipinski definition) is 4. The van der Waals surface area contributed by atoms with Crippen molar-refractivity contribution in [3.05, 3.63) is 78.0 Å². The van der Waals surface area contributed by atoms with Crippen LogP contribution >= 0.6 is 0 Å². The molecule has 0 spiro atoms. The number of nitrogens with zero attached hydrogens (tertiary/aromatic N) is 3. The van der Waals surface area contributed by atoms with Crippen molar-refractivity contribution in [3.8, 4) is 0 Å². The van der Waals surface area contributed by atoms with E-state index in [1.165, 1.54) is 11.0 Å². The molecule has 0 saturated carbocycles. The second-order valence-electron chi connectivity index (χ2n) is 7.04. The maximum Gasteiger partial charge on any atom is 0.249 e. The van der Waals surface area contributed by atoms with Crippen molar-refractivity contribution in [3.63, 3.8) is 0 Å². The first kappa shape index (κ1) is 21.1. The first-order chi connectivity index (χ1) is 14.9. The first-order valence-electron chi connectivity index (χ1n) is 9.63. The summed E-state index contributed by atoms with van der Waals surface area (Å²) in [6, 6.07) is 12.3. The van der Waals surface area contributed by atoms with Crippen LogP contribution in [0.1, 0.15) is 5.56 Å². The molecule has 6 nitrogen and oxygen atoms in total. The van der Waals surface area contributed by atoms with Crippen LogP contribution in [0.5, 0.6) is 0 Å². The van der Waals surface area contributed by atoms with Gasteiger partial charge in [0, 0.05) is 49.4 Å². The predicted octanol–water partition coefficient (Wildman–Crippen LogP) is 3.06. The average molecular weight is 443 g/mol. The maximum absolute atomic E-state index is 14.0. The zero-order chi connectivity index (χ0) is 22.0. The van der Waals surface area contributed by atoms with Crippen molar-refractivity contribution in [2.75, 3.05) is 26.2 Å². The summed E-state index contributed by atoms with van der Waals surface area (Å²) >= 11 is 0. The molecule has 31 heavy (non-hydrogen) atoms. The number of rotatable bonds is 4. The summed E-state index contributed by atoms with van der Waals surface area (Å²) in [6.07, 6.45) is 4.78. The number of aromatic nitrogens is 1. The van der Waals surface area contributed by atoms with Crippen LogP contribution in [0.3, 0.4) is 0 Å². The van der Waals surface area contributed by atoms with Crippen molar-refractivity contribution in [2.45, 2.75) is 4.90 Å². The number of hydrogen-bond donors (Lipinski definition) is 0. The minimum Gasteiger partial charge on any atom is -0.337 e. The molecule has 0 bridgehead atoms. The third-order valence-electron chi connectivity index (χ3n) is 5.14. The number of piperazine rings is 1. The Balaban J connectivity index is 1.45. The second kappa shape index (κ2) is 8.52. The largest absolute Gasteiger partial charge is 0.337 e. The predicted molar refractivity (Wildman–Crippen MR) is 112 cm³/mol. The number of sulfonamides is 1. The number of pyridine rings is 1. The van der Waals surface area contributed by atoms with Crippen LogP contribution in [0.4, 0.5) is 8.78 Å². The minimum atomic E-state index is -4.33. The van der Waals surface area contributed by atoms with Crippen LogP contribution in [-0.4, -0.2) is 54.7 Å². The summed E-state index contributed by atoms with van der Waals surface area (Å²) in [6.45, 7) is 0.134. The molecule has 9 heteroatoms. The number of amides is 1. The lowest BCUT2D eigenvalue weighted by molar-refractivity contribution is -0.127. The van der Waals surface area contributed by atoms with E-state index in [1.54, 1.807) is 12.3 Å². The second-order valence-corrected chi connectivity index (χ2v) is 8.91. The van der Waals surface area contributed by atoms with E-state index >= 15 is 0 Å². The van der Waals surface area contributed by atoms with Crippen molar-refractivity contribution in [2.24, 2.45) is 0 Å². The molecule has 160 valence electrons. The van der Waals surface area contributed by atoms with Gasteiger partial charge < -0.3 is 4.90 Å². The third-order valence-corrected chi connectivity index (χ3v) is 7.09. The van der Waals surface area contributed by atoms with Crippen LogP contribution in [0, 0.1) is 11.6 Å². The fraction of sp³-hybridized carbons (Fsp3) is 0.182. The van der Waals surface area contributed by atoms with E-state index < -0.39 is 26.6 Å². The lowest BCUT2D eigenvalue weighted by Crippen LogP contribution is -2.50. The Morgan fingerprint density at radius 1 is 0.935 bits per heavy atom. The molecule has 0 N–H and O–H groups in total. The van der Waals surface area contributed by atoms with Crippen molar-refractivity contribution in [1.29, 1.82) is 0 Å². The highest BCUT2D eigenvalue weighted by molar-refractivity contribution is 7.89. The Labute approximate surface area is 178 Å². The van der Waals surface area contributed by atoms with E-state index in [9.17, 15) is 22.0 Å². The van der Waals surface area contributed by atoms with E-state index in [0.29, 0.717) is 0 Å². The summed E-state index contributed by atoms with van der Waals surface area (Å²) < 4.78 is 54.2. The van der Waals surface area contributed by atoms with Crippen molar-refractivity contribution < 1.29 is 22.0 Å². The van der Waals surface area contributed by atoms with Gasteiger partial charge in [-0.3, -0.25) is 9.78 Å². The SMILES string of the molecule is O=C(/C=C/c1cccc2cccnc12)N1CCN(S(=O)(=O)c2c(F)cccc2F)CC1. The lowest BCUT2D eigenvalue weighted by atomic mass is 10.1. The highest BCUT2D eigenvalue weighted by Gasteiger charge is 2.33. The van der Waals surface area contributed by atoms with Crippen molar-refractivity contribution in [1.82, 2.24) is 14.2 Å². The van der Waals surface area contributed by atoms with E-state index in [1.807, 2.05) is 30.3 Å². The van der Waals surface area contributed by atoms with Gasteiger partial charge in [-0.25, -0.2) is 17.2 Å². The molecule has 1 fully saturated rings. The molecule has 1 aliphatic heterocycles. The molecular weight excluding hydrogens is 424 g/mol. The molecule has 1 amide bonds. The molecule has 4 rings (SSSR count). The van der Waals surface area contributed by atoms with Gasteiger partial charge >= 0.3 is 0 Å². The fourth-order valence-electron chi connectivity index (χ4n) is 3.54. The molecule has 2 aromatic carbocycles. The minimum absolute atomic E-state index is 0.0501. The number of carbonyl (C=O) groups is 1. The van der Waals surface area contributed by atoms with Crippen molar-refractivity contribution >= 4 is 32.9 Å². The van der Waals surface area contributed by atoms with Crippen LogP contribution in [-0.2, 0) is 14.8 Å².